The second-order valence-corrected chi connectivity index (χ2v) is 8.72. The van der Waals surface area contributed by atoms with Crippen molar-refractivity contribution in [3.63, 3.8) is 0 Å². The average Bonchev–Trinajstić information content (AvgIpc) is 2.74. The molecule has 2 aliphatic rings. The highest BCUT2D eigenvalue weighted by Crippen LogP contribution is 2.45. The number of phenolic OH excluding ortho intramolecular Hbond substituents is 1. The molecule has 7 heteroatoms. The molecule has 2 aromatic carbocycles. The van der Waals surface area contributed by atoms with Gasteiger partial charge in [-0.15, -0.1) is 0 Å². The van der Waals surface area contributed by atoms with Crippen molar-refractivity contribution in [1.29, 1.82) is 0 Å². The lowest BCUT2D eigenvalue weighted by Gasteiger charge is -2.40. The highest BCUT2D eigenvalue weighted by molar-refractivity contribution is 5.99. The van der Waals surface area contributed by atoms with Gasteiger partial charge in [-0.05, 0) is 66.6 Å². The number of rotatable bonds is 4. The Kier molecular flexibility index (Phi) is 5.21. The van der Waals surface area contributed by atoms with Gasteiger partial charge < -0.3 is 19.8 Å². The van der Waals surface area contributed by atoms with Crippen molar-refractivity contribution in [1.82, 2.24) is 4.98 Å². The Labute approximate surface area is 185 Å². The van der Waals surface area contributed by atoms with Gasteiger partial charge in [0.05, 0.1) is 11.4 Å². The first-order chi connectivity index (χ1) is 15.4. The number of hydrogen-bond acceptors (Lipinski definition) is 5. The van der Waals surface area contributed by atoms with E-state index in [0.29, 0.717) is 37.4 Å². The number of carboxylic acids is 1. The number of ether oxygens (including phenoxy) is 1. The number of aryl methyl sites for hydroxylation is 1. The van der Waals surface area contributed by atoms with Crippen LogP contribution in [0.5, 0.6) is 5.75 Å². The van der Waals surface area contributed by atoms with Crippen molar-refractivity contribution in [2.45, 2.75) is 25.7 Å². The van der Waals surface area contributed by atoms with E-state index in [4.69, 9.17) is 9.72 Å². The van der Waals surface area contributed by atoms with Crippen molar-refractivity contribution < 1.29 is 24.1 Å². The number of carboxylic acid groups (broad SMARTS) is 1. The minimum atomic E-state index is -0.804. The van der Waals surface area contributed by atoms with Gasteiger partial charge in [0, 0.05) is 43.3 Å². The van der Waals surface area contributed by atoms with E-state index in [2.05, 4.69) is 0 Å². The second-order valence-electron chi connectivity index (χ2n) is 8.72. The third-order valence-electron chi connectivity index (χ3n) is 6.59. The van der Waals surface area contributed by atoms with Crippen LogP contribution in [0.3, 0.4) is 0 Å². The fourth-order valence-corrected chi connectivity index (χ4v) is 4.79. The minimum Gasteiger partial charge on any atom is -0.508 e. The zero-order valence-corrected chi connectivity index (χ0v) is 17.8. The third-order valence-corrected chi connectivity index (χ3v) is 6.59. The SMILES string of the molecule is Cc1cc(-c2c(C3CCOCC3)c(N3CC(C(=O)O)C3)nc3cc(O)ccc23)ccc1F. The van der Waals surface area contributed by atoms with E-state index in [0.717, 1.165) is 40.7 Å². The molecule has 2 aliphatic heterocycles. The molecule has 2 saturated heterocycles. The fraction of sp³-hybridized carbons (Fsp3) is 0.360. The largest absolute Gasteiger partial charge is 0.508 e. The van der Waals surface area contributed by atoms with E-state index in [1.165, 1.54) is 6.07 Å². The van der Waals surface area contributed by atoms with Crippen LogP contribution in [-0.2, 0) is 9.53 Å². The Balaban J connectivity index is 1.77. The lowest BCUT2D eigenvalue weighted by molar-refractivity contribution is -0.142. The van der Waals surface area contributed by atoms with E-state index in [1.54, 1.807) is 25.1 Å². The molecule has 0 spiro atoms. The summed E-state index contributed by atoms with van der Waals surface area (Å²) in [5.41, 5.74) is 4.10. The highest BCUT2D eigenvalue weighted by atomic mass is 19.1. The van der Waals surface area contributed by atoms with E-state index in [-0.39, 0.29) is 17.5 Å². The Bertz CT molecular complexity index is 1200. The highest BCUT2D eigenvalue weighted by Gasteiger charge is 2.37. The van der Waals surface area contributed by atoms with Crippen LogP contribution >= 0.6 is 0 Å². The molecule has 32 heavy (non-hydrogen) atoms. The number of phenols is 1. The average molecular weight is 436 g/mol. The van der Waals surface area contributed by atoms with E-state index in [1.807, 2.05) is 17.0 Å². The van der Waals surface area contributed by atoms with E-state index >= 15 is 0 Å². The number of nitrogens with zero attached hydrogens (tertiary/aromatic N) is 2. The number of aromatic nitrogens is 1. The normalized spacial score (nSPS) is 17.5. The Morgan fingerprint density at radius 2 is 1.91 bits per heavy atom. The topological polar surface area (TPSA) is 82.9 Å². The first kappa shape index (κ1) is 20.7. The molecule has 0 radical (unpaired) electrons. The van der Waals surface area contributed by atoms with Gasteiger partial charge in [0.15, 0.2) is 0 Å². The van der Waals surface area contributed by atoms with Crippen molar-refractivity contribution in [2.75, 3.05) is 31.2 Å². The molecule has 166 valence electrons. The summed E-state index contributed by atoms with van der Waals surface area (Å²) in [6.45, 7) is 3.83. The van der Waals surface area contributed by atoms with E-state index < -0.39 is 11.9 Å². The van der Waals surface area contributed by atoms with Gasteiger partial charge in [0.25, 0.3) is 0 Å². The number of pyridine rings is 1. The minimum absolute atomic E-state index is 0.114. The second kappa shape index (κ2) is 8.06. The number of benzene rings is 2. The molecule has 6 nitrogen and oxygen atoms in total. The van der Waals surface area contributed by atoms with Crippen LogP contribution in [0.2, 0.25) is 0 Å². The lowest BCUT2D eigenvalue weighted by atomic mass is 9.83. The standard InChI is InChI=1S/C25H25FN2O4/c1-14-10-16(2-5-20(14)26)22-19-4-3-18(29)11-21(19)27-24(28-12-17(13-28)25(30)31)23(22)15-6-8-32-9-7-15/h2-5,10-11,15,17,29H,6-9,12-13H2,1H3,(H,30,31). The molecule has 1 aromatic heterocycles. The Hall–Kier alpha value is -3.19. The lowest BCUT2D eigenvalue weighted by Crippen LogP contribution is -2.51. The predicted molar refractivity (Wildman–Crippen MR) is 120 cm³/mol. The molecule has 5 rings (SSSR count). The van der Waals surface area contributed by atoms with Gasteiger partial charge in [0.2, 0.25) is 0 Å². The van der Waals surface area contributed by atoms with Gasteiger partial charge in [-0.2, -0.15) is 0 Å². The number of halogens is 1. The van der Waals surface area contributed by atoms with Crippen LogP contribution in [0.4, 0.5) is 10.2 Å². The van der Waals surface area contributed by atoms with Crippen LogP contribution in [0, 0.1) is 18.7 Å². The molecule has 0 amide bonds. The van der Waals surface area contributed by atoms with Gasteiger partial charge in [-0.1, -0.05) is 6.07 Å². The Morgan fingerprint density at radius 3 is 2.59 bits per heavy atom. The van der Waals surface area contributed by atoms with Gasteiger partial charge in [0.1, 0.15) is 17.4 Å². The molecule has 0 saturated carbocycles. The molecule has 0 unspecified atom stereocenters. The summed E-state index contributed by atoms with van der Waals surface area (Å²) in [6.07, 6.45) is 1.67. The molecule has 0 atom stereocenters. The van der Waals surface area contributed by atoms with Gasteiger partial charge in [-0.3, -0.25) is 4.79 Å². The maximum absolute atomic E-state index is 14.1. The summed E-state index contributed by atoms with van der Waals surface area (Å²) in [7, 11) is 0. The molecule has 0 bridgehead atoms. The summed E-state index contributed by atoms with van der Waals surface area (Å²) >= 11 is 0. The molecular weight excluding hydrogens is 411 g/mol. The van der Waals surface area contributed by atoms with Crippen LogP contribution in [0.15, 0.2) is 36.4 Å². The number of anilines is 1. The summed E-state index contributed by atoms with van der Waals surface area (Å²) in [4.78, 5) is 18.3. The maximum atomic E-state index is 14.1. The zero-order valence-electron chi connectivity index (χ0n) is 17.8. The molecule has 0 aliphatic carbocycles. The van der Waals surface area contributed by atoms with Gasteiger partial charge >= 0.3 is 5.97 Å². The Morgan fingerprint density at radius 1 is 1.16 bits per heavy atom. The van der Waals surface area contributed by atoms with Crippen LogP contribution < -0.4 is 4.90 Å². The number of hydrogen-bond donors (Lipinski definition) is 2. The summed E-state index contributed by atoms with van der Waals surface area (Å²) < 4.78 is 19.7. The summed E-state index contributed by atoms with van der Waals surface area (Å²) in [5.74, 6) is -0.428. The van der Waals surface area contributed by atoms with Crippen molar-refractivity contribution >= 4 is 22.7 Å². The van der Waals surface area contributed by atoms with Crippen molar-refractivity contribution in [2.24, 2.45) is 5.92 Å². The number of aromatic hydroxyl groups is 1. The number of carbonyl (C=O) groups is 1. The molecule has 3 aromatic rings. The number of fused-ring (bicyclic) bond motifs is 1. The van der Waals surface area contributed by atoms with Crippen LogP contribution in [-0.4, -0.2) is 47.5 Å². The molecule has 2 fully saturated rings. The van der Waals surface area contributed by atoms with Gasteiger partial charge in [-0.25, -0.2) is 9.37 Å². The summed E-state index contributed by atoms with van der Waals surface area (Å²) in [6, 6.07) is 10.2. The molecule has 3 heterocycles. The molecule has 2 N–H and O–H groups in total. The first-order valence-corrected chi connectivity index (χ1v) is 10.9. The number of aliphatic carboxylic acids is 1. The van der Waals surface area contributed by atoms with Crippen molar-refractivity contribution in [3.8, 4) is 16.9 Å². The summed E-state index contributed by atoms with van der Waals surface area (Å²) in [5, 5.41) is 20.4. The third kappa shape index (κ3) is 3.56. The first-order valence-electron chi connectivity index (χ1n) is 10.9. The predicted octanol–water partition coefficient (Wildman–Crippen LogP) is 4.47. The van der Waals surface area contributed by atoms with Crippen molar-refractivity contribution in [3.05, 3.63) is 53.3 Å². The molecular formula is C25H25FN2O4. The van der Waals surface area contributed by atoms with E-state index in [9.17, 15) is 19.4 Å². The monoisotopic (exact) mass is 436 g/mol. The maximum Gasteiger partial charge on any atom is 0.310 e. The van der Waals surface area contributed by atoms with Crippen LogP contribution in [0.1, 0.15) is 29.9 Å². The zero-order chi connectivity index (χ0) is 22.4. The van der Waals surface area contributed by atoms with Crippen LogP contribution in [0.25, 0.3) is 22.0 Å². The fourth-order valence-electron chi connectivity index (χ4n) is 4.79. The smallest absolute Gasteiger partial charge is 0.310 e. The quantitative estimate of drug-likeness (QED) is 0.628.